The number of rotatable bonds is 4. The van der Waals surface area contributed by atoms with Crippen LogP contribution in [0.2, 0.25) is 0 Å². The highest BCUT2D eigenvalue weighted by Gasteiger charge is 2.11. The predicted molar refractivity (Wildman–Crippen MR) is 86.3 cm³/mol. The molecule has 23 heavy (non-hydrogen) atoms. The second kappa shape index (κ2) is 11.0. The molecule has 0 atom stereocenters. The van der Waals surface area contributed by atoms with E-state index in [0.29, 0.717) is 23.8 Å². The van der Waals surface area contributed by atoms with Crippen LogP contribution in [0, 0.1) is 12.8 Å². The molecular weight excluding hydrogens is 294 g/mol. The minimum Gasteiger partial charge on any atom is -0.211 e. The summed E-state index contributed by atoms with van der Waals surface area (Å²) in [7, 11) is 0. The van der Waals surface area contributed by atoms with Crippen molar-refractivity contribution in [1.82, 2.24) is 0 Å². The van der Waals surface area contributed by atoms with Crippen molar-refractivity contribution in [3.05, 3.63) is 23.8 Å². The average molecular weight is 313 g/mol. The predicted octanol–water partition coefficient (Wildman–Crippen LogP) is 3.83. The highest BCUT2D eigenvalue weighted by atomic mass is 16.1. The summed E-state index contributed by atoms with van der Waals surface area (Å²) >= 11 is 0. The van der Waals surface area contributed by atoms with Crippen LogP contribution in [0.4, 0.5) is 11.4 Å². The molecule has 1 aromatic carbocycles. The highest BCUT2D eigenvalue weighted by Crippen LogP contribution is 2.24. The molecule has 0 aromatic heterocycles. The van der Waals surface area contributed by atoms with Crippen molar-refractivity contribution in [2.24, 2.45) is 20.9 Å². The number of nitrogens with zero attached hydrogens (tertiary/aromatic N) is 3. The summed E-state index contributed by atoms with van der Waals surface area (Å²) in [5.74, 6) is 0.676. The first-order valence-corrected chi connectivity index (χ1v) is 7.51. The fraction of sp³-hybridized carbons (Fsp3) is 0.471. The third kappa shape index (κ3) is 7.25. The molecule has 1 fully saturated rings. The summed E-state index contributed by atoms with van der Waals surface area (Å²) in [4.78, 5) is 40.1. The van der Waals surface area contributed by atoms with E-state index in [1.54, 1.807) is 25.1 Å². The molecule has 0 spiro atoms. The lowest BCUT2D eigenvalue weighted by Crippen LogP contribution is -2.08. The van der Waals surface area contributed by atoms with Crippen LogP contribution in [0.3, 0.4) is 0 Å². The molecule has 0 amide bonds. The molecule has 0 saturated heterocycles. The molecule has 0 bridgehead atoms. The Hall–Kier alpha value is -2.64. The third-order valence-electron chi connectivity index (χ3n) is 3.67. The van der Waals surface area contributed by atoms with Gasteiger partial charge >= 0.3 is 0 Å². The van der Waals surface area contributed by atoms with Gasteiger partial charge in [0.15, 0.2) is 0 Å². The third-order valence-corrected chi connectivity index (χ3v) is 3.67. The Kier molecular flexibility index (Phi) is 8.80. The lowest BCUT2D eigenvalue weighted by atomic mass is 9.89. The summed E-state index contributed by atoms with van der Waals surface area (Å²) in [5, 5.41) is 0. The number of aryl methyl sites for hydroxylation is 1. The van der Waals surface area contributed by atoms with Gasteiger partial charge in [0.05, 0.1) is 17.9 Å². The van der Waals surface area contributed by atoms with Gasteiger partial charge < -0.3 is 0 Å². The summed E-state index contributed by atoms with van der Waals surface area (Å²) in [6.07, 6.45) is 10.9. The zero-order valence-corrected chi connectivity index (χ0v) is 13.1. The zero-order chi connectivity index (χ0) is 16.9. The molecular formula is C17H19N3O3. The van der Waals surface area contributed by atoms with Crippen LogP contribution in [0.1, 0.15) is 37.7 Å². The fourth-order valence-corrected chi connectivity index (χ4v) is 2.43. The summed E-state index contributed by atoms with van der Waals surface area (Å²) < 4.78 is 0. The van der Waals surface area contributed by atoms with E-state index in [1.165, 1.54) is 50.3 Å². The molecule has 6 heteroatoms. The fourth-order valence-electron chi connectivity index (χ4n) is 2.43. The summed E-state index contributed by atoms with van der Waals surface area (Å²) in [6, 6.07) is 4.88. The minimum atomic E-state index is 0.426. The van der Waals surface area contributed by atoms with Crippen LogP contribution in [0.15, 0.2) is 33.2 Å². The van der Waals surface area contributed by atoms with E-state index in [-0.39, 0.29) is 0 Å². The van der Waals surface area contributed by atoms with Crippen molar-refractivity contribution in [3.8, 4) is 0 Å². The SMILES string of the molecule is Cc1ccc(N=C=O)cc1N=C=O.O=C=NCC1CCCCC1. The van der Waals surface area contributed by atoms with Crippen LogP contribution in [0.5, 0.6) is 0 Å². The zero-order valence-electron chi connectivity index (χ0n) is 13.1. The molecule has 120 valence electrons. The van der Waals surface area contributed by atoms with Gasteiger partial charge in [0.25, 0.3) is 0 Å². The highest BCUT2D eigenvalue weighted by molar-refractivity contribution is 5.61. The largest absolute Gasteiger partial charge is 0.240 e. The Morgan fingerprint density at radius 2 is 1.70 bits per heavy atom. The van der Waals surface area contributed by atoms with Crippen molar-refractivity contribution >= 4 is 29.6 Å². The van der Waals surface area contributed by atoms with Gasteiger partial charge in [-0.05, 0) is 43.4 Å². The van der Waals surface area contributed by atoms with Crippen molar-refractivity contribution in [3.63, 3.8) is 0 Å². The number of hydrogen-bond acceptors (Lipinski definition) is 6. The Balaban J connectivity index is 0.000000238. The number of isocyanates is 3. The Labute approximate surface area is 135 Å². The first kappa shape index (κ1) is 18.4. The first-order valence-electron chi connectivity index (χ1n) is 7.51. The molecule has 1 aromatic rings. The van der Waals surface area contributed by atoms with Gasteiger partial charge in [-0.15, -0.1) is 0 Å². The van der Waals surface area contributed by atoms with Gasteiger partial charge in [-0.25, -0.2) is 19.4 Å². The van der Waals surface area contributed by atoms with E-state index in [9.17, 15) is 14.4 Å². The molecule has 1 saturated carbocycles. The van der Waals surface area contributed by atoms with Crippen molar-refractivity contribution in [2.45, 2.75) is 39.0 Å². The lowest BCUT2D eigenvalue weighted by Gasteiger charge is -2.18. The summed E-state index contributed by atoms with van der Waals surface area (Å²) in [5.41, 5.74) is 1.72. The summed E-state index contributed by atoms with van der Waals surface area (Å²) in [6.45, 7) is 2.51. The van der Waals surface area contributed by atoms with Gasteiger partial charge in [0.1, 0.15) is 0 Å². The van der Waals surface area contributed by atoms with Gasteiger partial charge in [0, 0.05) is 0 Å². The maximum absolute atomic E-state index is 10.00. The van der Waals surface area contributed by atoms with Crippen LogP contribution in [0.25, 0.3) is 0 Å². The van der Waals surface area contributed by atoms with E-state index in [0.717, 1.165) is 5.56 Å². The van der Waals surface area contributed by atoms with E-state index >= 15 is 0 Å². The number of benzene rings is 1. The normalized spacial score (nSPS) is 13.4. The Morgan fingerprint density at radius 3 is 2.30 bits per heavy atom. The minimum absolute atomic E-state index is 0.426. The van der Waals surface area contributed by atoms with Gasteiger partial charge in [-0.1, -0.05) is 25.3 Å². The monoisotopic (exact) mass is 313 g/mol. The quantitative estimate of drug-likeness (QED) is 0.625. The molecule has 1 aliphatic carbocycles. The maximum Gasteiger partial charge on any atom is 0.240 e. The topological polar surface area (TPSA) is 88.3 Å². The second-order valence-electron chi connectivity index (χ2n) is 5.31. The lowest BCUT2D eigenvalue weighted by molar-refractivity contribution is 0.366. The van der Waals surface area contributed by atoms with Crippen LogP contribution in [-0.2, 0) is 14.4 Å². The molecule has 1 aliphatic rings. The molecule has 0 heterocycles. The van der Waals surface area contributed by atoms with Crippen LogP contribution in [-0.4, -0.2) is 24.8 Å². The number of hydrogen-bond donors (Lipinski definition) is 0. The Morgan fingerprint density at radius 1 is 1.00 bits per heavy atom. The van der Waals surface area contributed by atoms with Gasteiger partial charge in [-0.3, -0.25) is 0 Å². The standard InChI is InChI=1S/C9H6N2O2.C8H13NO/c1-7-2-3-8(10-5-12)4-9(7)11-6-13;10-7-9-6-8-4-2-1-3-5-8/h2-4H,1H3;8H,1-6H2. The first-order chi connectivity index (χ1) is 11.2. The number of aliphatic imine (C=N–C) groups is 3. The van der Waals surface area contributed by atoms with Crippen molar-refractivity contribution in [1.29, 1.82) is 0 Å². The van der Waals surface area contributed by atoms with Crippen molar-refractivity contribution in [2.75, 3.05) is 6.54 Å². The number of carbonyl (C=O) groups excluding carboxylic acids is 3. The van der Waals surface area contributed by atoms with E-state index < -0.39 is 0 Å². The second-order valence-corrected chi connectivity index (χ2v) is 5.31. The molecule has 2 rings (SSSR count). The van der Waals surface area contributed by atoms with E-state index in [1.807, 2.05) is 0 Å². The molecule has 6 nitrogen and oxygen atoms in total. The maximum atomic E-state index is 10.00. The van der Waals surface area contributed by atoms with Gasteiger partial charge in [0.2, 0.25) is 18.2 Å². The molecule has 0 aliphatic heterocycles. The molecule has 0 radical (unpaired) electrons. The van der Waals surface area contributed by atoms with E-state index in [4.69, 9.17) is 0 Å². The van der Waals surface area contributed by atoms with E-state index in [2.05, 4.69) is 15.0 Å². The molecule has 0 unspecified atom stereocenters. The molecule has 0 N–H and O–H groups in total. The Bertz CT molecular complexity index is 647. The average Bonchev–Trinajstić information content (AvgIpc) is 2.58. The van der Waals surface area contributed by atoms with Gasteiger partial charge in [-0.2, -0.15) is 9.98 Å². The van der Waals surface area contributed by atoms with Crippen LogP contribution >= 0.6 is 0 Å². The smallest absolute Gasteiger partial charge is 0.211 e. The van der Waals surface area contributed by atoms with Crippen LogP contribution < -0.4 is 0 Å². The van der Waals surface area contributed by atoms with Crippen molar-refractivity contribution < 1.29 is 14.4 Å².